The maximum absolute atomic E-state index is 12.9. The molecule has 3 heterocycles. The fourth-order valence-corrected chi connectivity index (χ4v) is 3.55. The van der Waals surface area contributed by atoms with E-state index >= 15 is 0 Å². The molecule has 0 radical (unpaired) electrons. The first-order chi connectivity index (χ1) is 11.4. The van der Waals surface area contributed by atoms with Crippen LogP contribution in [0, 0.1) is 0 Å². The minimum Gasteiger partial charge on any atom is -0.343 e. The largest absolute Gasteiger partial charge is 0.417 e. The Morgan fingerprint density at radius 1 is 1.36 bits per heavy atom. The molecule has 3 rings (SSSR count). The second kappa shape index (κ2) is 4.99. The van der Waals surface area contributed by atoms with Crippen LogP contribution >= 0.6 is 0 Å². The number of nitrogens with zero attached hydrogens (tertiary/aromatic N) is 3. The molecular formula is C13H12F3N3O5S. The zero-order chi connectivity index (χ0) is 18.8. The van der Waals surface area contributed by atoms with Crippen LogP contribution in [0.4, 0.5) is 13.2 Å². The number of hydrazone groups is 1. The van der Waals surface area contributed by atoms with Crippen LogP contribution in [0.15, 0.2) is 22.3 Å². The van der Waals surface area contributed by atoms with Gasteiger partial charge in [-0.05, 0) is 6.07 Å². The minimum absolute atomic E-state index is 0.393. The summed E-state index contributed by atoms with van der Waals surface area (Å²) in [4.78, 5) is 15.2. The molecule has 1 fully saturated rings. The van der Waals surface area contributed by atoms with Gasteiger partial charge in [0, 0.05) is 26.6 Å². The van der Waals surface area contributed by atoms with Crippen molar-refractivity contribution in [3.05, 3.63) is 23.5 Å². The van der Waals surface area contributed by atoms with Gasteiger partial charge in [0.2, 0.25) is 5.60 Å². The van der Waals surface area contributed by atoms with E-state index in [0.717, 1.165) is 24.6 Å². The van der Waals surface area contributed by atoms with Gasteiger partial charge in [-0.2, -0.15) is 18.3 Å². The molecule has 1 saturated heterocycles. The van der Waals surface area contributed by atoms with Crippen LogP contribution in [0.5, 0.6) is 0 Å². The van der Waals surface area contributed by atoms with Crippen LogP contribution in [0.25, 0.3) is 0 Å². The number of halogens is 3. The zero-order valence-corrected chi connectivity index (χ0v) is 14.0. The average Bonchev–Trinajstić information content (AvgIpc) is 3.21. The number of ether oxygens (including phenoxy) is 2. The topological polar surface area (TPSA) is 101 Å². The first-order valence-electron chi connectivity index (χ1n) is 6.75. The van der Waals surface area contributed by atoms with Crippen LogP contribution in [0.3, 0.4) is 0 Å². The third-order valence-electron chi connectivity index (χ3n) is 3.96. The molecule has 0 aliphatic carbocycles. The van der Waals surface area contributed by atoms with Crippen LogP contribution in [-0.4, -0.2) is 56.7 Å². The van der Waals surface area contributed by atoms with Crippen molar-refractivity contribution in [1.82, 2.24) is 9.99 Å². The van der Waals surface area contributed by atoms with Crippen molar-refractivity contribution in [2.45, 2.75) is 22.5 Å². The van der Waals surface area contributed by atoms with E-state index < -0.39 is 49.5 Å². The SMILES string of the molecule is COC12OC1(c1ncc(C(F)(F)F)cc1S(C)(=O)=O)C=NN(C)C2=O. The number of epoxide rings is 1. The number of aromatic nitrogens is 1. The summed E-state index contributed by atoms with van der Waals surface area (Å²) in [6.45, 7) is 0. The van der Waals surface area contributed by atoms with Crippen molar-refractivity contribution in [2.24, 2.45) is 5.10 Å². The summed E-state index contributed by atoms with van der Waals surface area (Å²) >= 11 is 0. The monoisotopic (exact) mass is 379 g/mol. The van der Waals surface area contributed by atoms with Gasteiger partial charge in [0.25, 0.3) is 5.79 Å². The molecule has 12 heteroatoms. The molecule has 8 nitrogen and oxygen atoms in total. The Hall–Kier alpha value is -2.05. The number of carbonyl (C=O) groups excluding carboxylic acids is 1. The average molecular weight is 379 g/mol. The molecule has 2 aliphatic heterocycles. The van der Waals surface area contributed by atoms with Crippen LogP contribution in [0.1, 0.15) is 11.3 Å². The molecule has 0 aromatic carbocycles. The maximum Gasteiger partial charge on any atom is 0.417 e. The zero-order valence-electron chi connectivity index (χ0n) is 13.2. The van der Waals surface area contributed by atoms with Crippen molar-refractivity contribution < 1.29 is 35.9 Å². The first-order valence-corrected chi connectivity index (χ1v) is 8.64. The molecule has 1 aromatic heterocycles. The molecule has 0 saturated carbocycles. The lowest BCUT2D eigenvalue weighted by atomic mass is 9.96. The smallest absolute Gasteiger partial charge is 0.343 e. The maximum atomic E-state index is 12.9. The number of pyridine rings is 1. The van der Waals surface area contributed by atoms with Gasteiger partial charge in [0.05, 0.1) is 16.7 Å². The number of rotatable bonds is 3. The molecule has 0 N–H and O–H groups in total. The van der Waals surface area contributed by atoms with Gasteiger partial charge in [-0.15, -0.1) is 0 Å². The Morgan fingerprint density at radius 2 is 2.00 bits per heavy atom. The Morgan fingerprint density at radius 3 is 2.52 bits per heavy atom. The van der Waals surface area contributed by atoms with Crippen molar-refractivity contribution in [3.8, 4) is 0 Å². The molecule has 2 atom stereocenters. The van der Waals surface area contributed by atoms with Crippen molar-refractivity contribution in [1.29, 1.82) is 0 Å². The van der Waals surface area contributed by atoms with Gasteiger partial charge in [-0.3, -0.25) is 9.78 Å². The van der Waals surface area contributed by atoms with Crippen LogP contribution in [0.2, 0.25) is 0 Å². The second-order valence-corrected chi connectivity index (χ2v) is 7.56. The molecule has 136 valence electrons. The highest BCUT2D eigenvalue weighted by Crippen LogP contribution is 2.58. The highest BCUT2D eigenvalue weighted by molar-refractivity contribution is 7.90. The van der Waals surface area contributed by atoms with E-state index in [1.54, 1.807) is 0 Å². The highest BCUT2D eigenvalue weighted by Gasteiger charge is 2.81. The number of carbonyl (C=O) groups is 1. The molecular weight excluding hydrogens is 367 g/mol. The summed E-state index contributed by atoms with van der Waals surface area (Å²) in [5.41, 5.74) is -3.45. The van der Waals surface area contributed by atoms with E-state index in [9.17, 15) is 26.4 Å². The van der Waals surface area contributed by atoms with Crippen LogP contribution in [-0.2, 0) is 35.9 Å². The van der Waals surface area contributed by atoms with Crippen molar-refractivity contribution >= 4 is 22.0 Å². The van der Waals surface area contributed by atoms with Crippen molar-refractivity contribution in [2.75, 3.05) is 20.4 Å². The minimum atomic E-state index is -4.79. The number of hydrogen-bond donors (Lipinski definition) is 0. The quantitative estimate of drug-likeness (QED) is 0.710. The molecule has 2 aliphatic rings. The molecule has 0 spiro atoms. The van der Waals surface area contributed by atoms with Gasteiger partial charge < -0.3 is 9.47 Å². The molecule has 25 heavy (non-hydrogen) atoms. The Kier molecular flexibility index (Phi) is 3.54. The van der Waals surface area contributed by atoms with E-state index in [-0.39, 0.29) is 0 Å². The summed E-state index contributed by atoms with van der Waals surface area (Å²) in [7, 11) is -1.66. The Bertz CT molecular complexity index is 901. The lowest BCUT2D eigenvalue weighted by molar-refractivity contribution is -0.153. The predicted molar refractivity (Wildman–Crippen MR) is 76.1 cm³/mol. The number of sulfone groups is 1. The van der Waals surface area contributed by atoms with Gasteiger partial charge in [0.15, 0.2) is 9.84 Å². The first kappa shape index (κ1) is 17.8. The number of fused-ring (bicyclic) bond motifs is 1. The van der Waals surface area contributed by atoms with E-state index in [4.69, 9.17) is 9.47 Å². The number of alkyl halides is 3. The third kappa shape index (κ3) is 2.35. The Labute approximate surface area is 140 Å². The van der Waals surface area contributed by atoms with E-state index in [2.05, 4.69) is 10.1 Å². The lowest BCUT2D eigenvalue weighted by Crippen LogP contribution is -2.47. The number of likely N-dealkylation sites (N-methyl/N-ethyl adjacent to an activating group) is 1. The molecule has 1 amide bonds. The van der Waals surface area contributed by atoms with Gasteiger partial charge in [-0.1, -0.05) is 0 Å². The summed E-state index contributed by atoms with van der Waals surface area (Å²) in [6.07, 6.45) is -2.50. The fourth-order valence-electron chi connectivity index (χ4n) is 2.66. The normalized spacial score (nSPS) is 28.9. The third-order valence-corrected chi connectivity index (χ3v) is 5.07. The molecule has 2 unspecified atom stereocenters. The number of amides is 1. The fraction of sp³-hybridized carbons (Fsp3) is 0.462. The Balaban J connectivity index is 2.26. The highest BCUT2D eigenvalue weighted by atomic mass is 32.2. The van der Waals surface area contributed by atoms with E-state index in [0.29, 0.717) is 12.3 Å². The summed E-state index contributed by atoms with van der Waals surface area (Å²) in [5.74, 6) is -2.66. The summed E-state index contributed by atoms with van der Waals surface area (Å²) in [5, 5.41) is 4.68. The van der Waals surface area contributed by atoms with E-state index in [1.165, 1.54) is 7.05 Å². The summed E-state index contributed by atoms with van der Waals surface area (Å²) in [6, 6.07) is 0.450. The second-order valence-electron chi connectivity index (χ2n) is 5.57. The van der Waals surface area contributed by atoms with E-state index in [1.807, 2.05) is 0 Å². The molecule has 0 bridgehead atoms. The number of methoxy groups -OCH3 is 1. The van der Waals surface area contributed by atoms with Gasteiger partial charge >= 0.3 is 12.1 Å². The number of hydrogen-bond acceptors (Lipinski definition) is 7. The predicted octanol–water partition coefficient (Wildman–Crippen LogP) is 0.530. The van der Waals surface area contributed by atoms with Crippen LogP contribution < -0.4 is 0 Å². The van der Waals surface area contributed by atoms with Gasteiger partial charge in [-0.25, -0.2) is 13.4 Å². The molecule has 1 aromatic rings. The van der Waals surface area contributed by atoms with Crippen molar-refractivity contribution in [3.63, 3.8) is 0 Å². The summed E-state index contributed by atoms with van der Waals surface area (Å²) < 4.78 is 73.3. The standard InChI is InChI=1S/C13H12F3N3O5S/c1-19-10(20)12(23-2)11(24-12,6-18-19)9-8(25(3,21)22)4-7(5-17-9)13(14,15)16/h4-6H,1-3H3. The van der Waals surface area contributed by atoms with Gasteiger partial charge in [0.1, 0.15) is 5.69 Å². The lowest BCUT2D eigenvalue weighted by Gasteiger charge is -2.24.